The van der Waals surface area contributed by atoms with Gasteiger partial charge in [0.1, 0.15) is 24.0 Å². The van der Waals surface area contributed by atoms with Crippen LogP contribution in [0.5, 0.6) is 5.75 Å². The van der Waals surface area contributed by atoms with E-state index in [4.69, 9.17) is 4.74 Å². The number of ether oxygens (including phenoxy) is 1. The van der Waals surface area contributed by atoms with Crippen molar-refractivity contribution in [3.8, 4) is 5.75 Å². The van der Waals surface area contributed by atoms with Crippen LogP contribution < -0.4 is 14.4 Å². The third-order valence-corrected chi connectivity index (χ3v) is 7.03. The summed E-state index contributed by atoms with van der Waals surface area (Å²) in [5, 5.41) is 14.2. The van der Waals surface area contributed by atoms with Crippen molar-refractivity contribution in [1.82, 2.24) is 10.2 Å². The number of anilines is 1. The third kappa shape index (κ3) is 7.91. The van der Waals surface area contributed by atoms with Gasteiger partial charge in [0.25, 0.3) is 5.69 Å². The summed E-state index contributed by atoms with van der Waals surface area (Å²) in [4.78, 5) is 38.9. The van der Waals surface area contributed by atoms with Crippen LogP contribution in [-0.4, -0.2) is 62.0 Å². The molecule has 0 saturated heterocycles. The second-order valence-corrected chi connectivity index (χ2v) is 10.5. The normalized spacial score (nSPS) is 12.8. The van der Waals surface area contributed by atoms with Crippen LogP contribution in [0.3, 0.4) is 0 Å². The van der Waals surface area contributed by atoms with E-state index in [1.807, 2.05) is 19.9 Å². The van der Waals surface area contributed by atoms with Crippen LogP contribution in [0.25, 0.3) is 0 Å². The van der Waals surface area contributed by atoms with Gasteiger partial charge >= 0.3 is 0 Å². The van der Waals surface area contributed by atoms with Crippen LogP contribution in [0, 0.1) is 10.1 Å². The Balaban J connectivity index is 2.54. The summed E-state index contributed by atoms with van der Waals surface area (Å²) in [7, 11) is -2.79. The molecule has 0 aliphatic heterocycles. The summed E-state index contributed by atoms with van der Waals surface area (Å²) in [6.45, 7) is 4.93. The molecular weight excluding hydrogens is 500 g/mol. The molecule has 12 heteroatoms. The van der Waals surface area contributed by atoms with E-state index in [9.17, 15) is 28.1 Å². The highest BCUT2D eigenvalue weighted by molar-refractivity contribution is 7.92. The number of methoxy groups -OCH3 is 1. The van der Waals surface area contributed by atoms with Crippen LogP contribution >= 0.6 is 0 Å². The molecule has 202 valence electrons. The minimum atomic E-state index is -4.09. The summed E-state index contributed by atoms with van der Waals surface area (Å²) in [6, 6.07) is 11.5. The maximum absolute atomic E-state index is 13.7. The molecule has 0 bridgehead atoms. The Hall–Kier alpha value is -3.67. The van der Waals surface area contributed by atoms with E-state index in [1.54, 1.807) is 31.2 Å². The van der Waals surface area contributed by atoms with Gasteiger partial charge in [-0.1, -0.05) is 44.2 Å². The number of non-ortho nitro benzene ring substituents is 1. The van der Waals surface area contributed by atoms with Crippen LogP contribution in [0.1, 0.15) is 39.2 Å². The number of carbonyl (C=O) groups excluding carboxylic acids is 2. The monoisotopic (exact) mass is 534 g/mol. The zero-order valence-corrected chi connectivity index (χ0v) is 22.5. The van der Waals surface area contributed by atoms with Crippen LogP contribution in [0.4, 0.5) is 11.4 Å². The summed E-state index contributed by atoms with van der Waals surface area (Å²) in [5.41, 5.74) is 0.242. The lowest BCUT2D eigenvalue weighted by Gasteiger charge is -2.33. The van der Waals surface area contributed by atoms with E-state index in [2.05, 4.69) is 5.32 Å². The van der Waals surface area contributed by atoms with Gasteiger partial charge in [0, 0.05) is 24.7 Å². The Morgan fingerprint density at radius 1 is 1.11 bits per heavy atom. The maximum atomic E-state index is 13.7. The number of nitrogens with one attached hydrogen (secondary N) is 1. The fraction of sp³-hybridized carbons (Fsp3) is 0.440. The molecule has 1 N–H and O–H groups in total. The van der Waals surface area contributed by atoms with E-state index in [1.165, 1.54) is 24.1 Å². The van der Waals surface area contributed by atoms with Crippen molar-refractivity contribution in [2.45, 2.75) is 52.2 Å². The molecule has 2 amide bonds. The van der Waals surface area contributed by atoms with Gasteiger partial charge in [0.05, 0.1) is 18.3 Å². The second kappa shape index (κ2) is 13.0. The average molecular weight is 535 g/mol. The SMILES string of the molecule is CCC(C)NC(=O)C(CC)N(Cc1ccccc1)C(=O)CN(c1cc([N+](=O)[O-])ccc1OC)S(C)(=O)=O. The van der Waals surface area contributed by atoms with Gasteiger partial charge in [-0.2, -0.15) is 0 Å². The molecule has 0 radical (unpaired) electrons. The molecule has 2 unspecified atom stereocenters. The van der Waals surface area contributed by atoms with Crippen molar-refractivity contribution in [2.24, 2.45) is 0 Å². The van der Waals surface area contributed by atoms with E-state index in [0.29, 0.717) is 12.8 Å². The van der Waals surface area contributed by atoms with Gasteiger partial charge < -0.3 is 15.0 Å². The molecular formula is C25H34N4O7S. The van der Waals surface area contributed by atoms with Crippen molar-refractivity contribution >= 4 is 33.2 Å². The fourth-order valence-electron chi connectivity index (χ4n) is 3.72. The molecule has 2 aromatic carbocycles. The number of nitrogens with zero attached hydrogens (tertiary/aromatic N) is 3. The number of rotatable bonds is 13. The van der Waals surface area contributed by atoms with E-state index in [-0.39, 0.29) is 35.6 Å². The Morgan fingerprint density at radius 2 is 1.76 bits per heavy atom. The minimum Gasteiger partial charge on any atom is -0.495 e. The molecule has 0 aromatic heterocycles. The Morgan fingerprint density at radius 3 is 2.27 bits per heavy atom. The first-order valence-electron chi connectivity index (χ1n) is 11.9. The highest BCUT2D eigenvalue weighted by atomic mass is 32.2. The van der Waals surface area contributed by atoms with Crippen molar-refractivity contribution < 1.29 is 27.7 Å². The highest BCUT2D eigenvalue weighted by Gasteiger charge is 2.33. The van der Waals surface area contributed by atoms with Crippen molar-refractivity contribution in [1.29, 1.82) is 0 Å². The fourth-order valence-corrected chi connectivity index (χ4v) is 4.57. The lowest BCUT2D eigenvalue weighted by atomic mass is 10.1. The van der Waals surface area contributed by atoms with Gasteiger partial charge in [0.15, 0.2) is 0 Å². The molecule has 2 rings (SSSR count). The molecule has 2 aromatic rings. The third-order valence-electron chi connectivity index (χ3n) is 5.90. The number of benzene rings is 2. The van der Waals surface area contributed by atoms with Crippen molar-refractivity contribution in [3.63, 3.8) is 0 Å². The molecule has 0 aliphatic rings. The smallest absolute Gasteiger partial charge is 0.271 e. The number of sulfonamides is 1. The van der Waals surface area contributed by atoms with Crippen molar-refractivity contribution in [2.75, 3.05) is 24.2 Å². The summed E-state index contributed by atoms with van der Waals surface area (Å²) in [6.07, 6.45) is 1.89. The van der Waals surface area contributed by atoms with Gasteiger partial charge in [-0.15, -0.1) is 0 Å². The molecule has 0 aliphatic carbocycles. The largest absolute Gasteiger partial charge is 0.495 e. The predicted molar refractivity (Wildman–Crippen MR) is 141 cm³/mol. The predicted octanol–water partition coefficient (Wildman–Crippen LogP) is 3.09. The van der Waals surface area contributed by atoms with Crippen LogP contribution in [0.2, 0.25) is 0 Å². The minimum absolute atomic E-state index is 0.0417. The lowest BCUT2D eigenvalue weighted by molar-refractivity contribution is -0.384. The molecule has 37 heavy (non-hydrogen) atoms. The standard InChI is InChI=1S/C25H34N4O7S/c1-6-18(3)26-25(31)21(7-2)27(16-19-11-9-8-10-12-19)24(30)17-28(37(5,34)35)22-15-20(29(32)33)13-14-23(22)36-4/h8-15,18,21H,6-7,16-17H2,1-5H3,(H,26,31). The number of amides is 2. The summed E-state index contributed by atoms with van der Waals surface area (Å²) in [5.74, 6) is -0.950. The number of carbonyl (C=O) groups is 2. The number of nitro benzene ring substituents is 1. The van der Waals surface area contributed by atoms with E-state index < -0.39 is 33.4 Å². The van der Waals surface area contributed by atoms with Gasteiger partial charge in [-0.05, 0) is 31.4 Å². The quantitative estimate of drug-likeness (QED) is 0.308. The summed E-state index contributed by atoms with van der Waals surface area (Å²) < 4.78 is 31.6. The average Bonchev–Trinajstić information content (AvgIpc) is 2.86. The lowest BCUT2D eigenvalue weighted by Crippen LogP contribution is -2.53. The number of hydrogen-bond acceptors (Lipinski definition) is 7. The Kier molecular flexibility index (Phi) is 10.4. The first-order chi connectivity index (χ1) is 17.4. The van der Waals surface area contributed by atoms with E-state index >= 15 is 0 Å². The molecule has 2 atom stereocenters. The molecule has 0 heterocycles. The second-order valence-electron chi connectivity index (χ2n) is 8.63. The molecule has 0 fully saturated rings. The van der Waals surface area contributed by atoms with Crippen molar-refractivity contribution in [3.05, 3.63) is 64.2 Å². The highest BCUT2D eigenvalue weighted by Crippen LogP contribution is 2.34. The first-order valence-corrected chi connectivity index (χ1v) is 13.7. The zero-order valence-electron chi connectivity index (χ0n) is 21.7. The van der Waals surface area contributed by atoms with E-state index in [0.717, 1.165) is 22.2 Å². The Bertz CT molecular complexity index is 1200. The molecule has 0 spiro atoms. The van der Waals surface area contributed by atoms with Crippen LogP contribution in [0.15, 0.2) is 48.5 Å². The zero-order chi connectivity index (χ0) is 27.8. The molecule has 11 nitrogen and oxygen atoms in total. The Labute approximate surface area is 217 Å². The maximum Gasteiger partial charge on any atom is 0.271 e. The number of nitro groups is 1. The van der Waals surface area contributed by atoms with Gasteiger partial charge in [-0.25, -0.2) is 8.42 Å². The summed E-state index contributed by atoms with van der Waals surface area (Å²) >= 11 is 0. The van der Waals surface area contributed by atoms with Crippen LogP contribution in [-0.2, 0) is 26.2 Å². The van der Waals surface area contributed by atoms with Gasteiger partial charge in [0.2, 0.25) is 21.8 Å². The first kappa shape index (κ1) is 29.6. The molecule has 0 saturated carbocycles. The topological polar surface area (TPSA) is 139 Å². The number of hydrogen-bond donors (Lipinski definition) is 1. The van der Waals surface area contributed by atoms with Gasteiger partial charge in [-0.3, -0.25) is 24.0 Å².